The first kappa shape index (κ1) is 19.7. The van der Waals surface area contributed by atoms with Gasteiger partial charge in [-0.15, -0.1) is 11.3 Å². The maximum Gasteiger partial charge on any atom is 0.226 e. The number of aryl methyl sites for hydroxylation is 1. The van der Waals surface area contributed by atoms with Crippen LogP contribution in [-0.2, 0) is 17.6 Å². The first-order chi connectivity index (χ1) is 13.1. The SMILES string of the molecule is CCc1ccc(C(CNC(=O)Cc2csc(-c3ccsc3)n2)N(C)C)cc1. The third-order valence-corrected chi connectivity index (χ3v) is 6.17. The number of amides is 1. The molecule has 0 bridgehead atoms. The minimum atomic E-state index is 0.00852. The van der Waals surface area contributed by atoms with Crippen molar-refractivity contribution in [3.8, 4) is 10.6 Å². The number of hydrogen-bond acceptors (Lipinski definition) is 5. The number of hydrogen-bond donors (Lipinski definition) is 1. The number of nitrogens with zero attached hydrogens (tertiary/aromatic N) is 2. The number of likely N-dealkylation sites (N-methyl/N-ethyl adjacent to an activating group) is 1. The Hall–Kier alpha value is -2.02. The van der Waals surface area contributed by atoms with E-state index in [0.29, 0.717) is 13.0 Å². The van der Waals surface area contributed by atoms with Gasteiger partial charge in [-0.2, -0.15) is 11.3 Å². The number of thiophene rings is 1. The zero-order valence-electron chi connectivity index (χ0n) is 15.9. The van der Waals surface area contributed by atoms with Crippen molar-refractivity contribution in [2.24, 2.45) is 0 Å². The molecule has 0 radical (unpaired) electrons. The molecule has 1 atom stereocenters. The average molecular weight is 400 g/mol. The van der Waals surface area contributed by atoms with E-state index < -0.39 is 0 Å². The maximum absolute atomic E-state index is 12.4. The Labute approximate surface area is 168 Å². The fourth-order valence-electron chi connectivity index (χ4n) is 2.92. The van der Waals surface area contributed by atoms with Gasteiger partial charge in [-0.05, 0) is 43.1 Å². The summed E-state index contributed by atoms with van der Waals surface area (Å²) in [6.07, 6.45) is 1.35. The third-order valence-electron chi connectivity index (χ3n) is 4.55. The number of rotatable bonds is 8. The summed E-state index contributed by atoms with van der Waals surface area (Å²) in [7, 11) is 4.08. The molecule has 1 amide bonds. The number of carbonyl (C=O) groups is 1. The molecule has 6 heteroatoms. The zero-order valence-corrected chi connectivity index (χ0v) is 17.6. The molecule has 3 rings (SSSR count). The Balaban J connectivity index is 1.57. The van der Waals surface area contributed by atoms with Crippen LogP contribution in [0, 0.1) is 0 Å². The van der Waals surface area contributed by atoms with Gasteiger partial charge in [0.15, 0.2) is 0 Å². The van der Waals surface area contributed by atoms with Gasteiger partial charge in [0.2, 0.25) is 5.91 Å². The summed E-state index contributed by atoms with van der Waals surface area (Å²) in [6, 6.07) is 10.8. The Morgan fingerprint density at radius 1 is 1.19 bits per heavy atom. The molecule has 142 valence electrons. The molecule has 2 heterocycles. The topological polar surface area (TPSA) is 45.2 Å². The quantitative estimate of drug-likeness (QED) is 0.611. The molecule has 1 aromatic carbocycles. The van der Waals surface area contributed by atoms with Crippen molar-refractivity contribution in [2.75, 3.05) is 20.6 Å². The lowest BCUT2D eigenvalue weighted by atomic mass is 10.0. The van der Waals surface area contributed by atoms with E-state index >= 15 is 0 Å². The molecule has 1 unspecified atom stereocenters. The van der Waals surface area contributed by atoms with Crippen LogP contribution in [0.1, 0.15) is 29.8 Å². The fraction of sp³-hybridized carbons (Fsp3) is 0.333. The monoisotopic (exact) mass is 399 g/mol. The summed E-state index contributed by atoms with van der Waals surface area (Å²) in [5, 5.41) is 10.1. The van der Waals surface area contributed by atoms with Crippen molar-refractivity contribution < 1.29 is 4.79 Å². The van der Waals surface area contributed by atoms with Crippen molar-refractivity contribution in [2.45, 2.75) is 25.8 Å². The van der Waals surface area contributed by atoms with Crippen molar-refractivity contribution in [3.05, 3.63) is 63.3 Å². The molecule has 4 nitrogen and oxygen atoms in total. The molecule has 0 aliphatic carbocycles. The maximum atomic E-state index is 12.4. The predicted octanol–water partition coefficient (Wildman–Crippen LogP) is 4.40. The van der Waals surface area contributed by atoms with E-state index in [0.717, 1.165) is 22.7 Å². The summed E-state index contributed by atoms with van der Waals surface area (Å²) in [5.41, 5.74) is 4.49. The second-order valence-electron chi connectivity index (χ2n) is 6.71. The Bertz CT molecular complexity index is 854. The Morgan fingerprint density at radius 2 is 1.96 bits per heavy atom. The van der Waals surface area contributed by atoms with Crippen molar-refractivity contribution in [1.29, 1.82) is 0 Å². The lowest BCUT2D eigenvalue weighted by Gasteiger charge is -2.25. The zero-order chi connectivity index (χ0) is 19.2. The highest BCUT2D eigenvalue weighted by Crippen LogP contribution is 2.26. The van der Waals surface area contributed by atoms with Crippen LogP contribution >= 0.6 is 22.7 Å². The Morgan fingerprint density at radius 3 is 2.59 bits per heavy atom. The molecule has 0 fully saturated rings. The molecule has 0 spiro atoms. The second-order valence-corrected chi connectivity index (χ2v) is 8.35. The molecular formula is C21H25N3OS2. The van der Waals surface area contributed by atoms with Crippen molar-refractivity contribution >= 4 is 28.6 Å². The number of benzene rings is 1. The number of carbonyl (C=O) groups excluding carboxylic acids is 1. The van der Waals surface area contributed by atoms with Gasteiger partial charge < -0.3 is 10.2 Å². The van der Waals surface area contributed by atoms with Crippen LogP contribution in [0.15, 0.2) is 46.5 Å². The molecule has 27 heavy (non-hydrogen) atoms. The highest BCUT2D eigenvalue weighted by molar-refractivity contribution is 7.14. The molecule has 1 N–H and O–H groups in total. The van der Waals surface area contributed by atoms with Gasteiger partial charge >= 0.3 is 0 Å². The van der Waals surface area contributed by atoms with Crippen LogP contribution in [0.3, 0.4) is 0 Å². The van der Waals surface area contributed by atoms with E-state index in [4.69, 9.17) is 0 Å². The van der Waals surface area contributed by atoms with Crippen LogP contribution in [0.4, 0.5) is 0 Å². The van der Waals surface area contributed by atoms with E-state index in [1.165, 1.54) is 11.1 Å². The van der Waals surface area contributed by atoms with Crippen LogP contribution in [-0.4, -0.2) is 36.4 Å². The van der Waals surface area contributed by atoms with Gasteiger partial charge in [0.25, 0.3) is 0 Å². The fourth-order valence-corrected chi connectivity index (χ4v) is 4.45. The molecular weight excluding hydrogens is 374 g/mol. The molecule has 2 aromatic heterocycles. The van der Waals surface area contributed by atoms with Gasteiger partial charge in [0.05, 0.1) is 18.2 Å². The van der Waals surface area contributed by atoms with E-state index in [1.807, 2.05) is 24.9 Å². The summed E-state index contributed by atoms with van der Waals surface area (Å²) in [4.78, 5) is 19.1. The van der Waals surface area contributed by atoms with E-state index in [1.54, 1.807) is 22.7 Å². The van der Waals surface area contributed by atoms with Gasteiger partial charge in [0, 0.05) is 22.9 Å². The molecule has 3 aromatic rings. The third kappa shape index (κ3) is 5.25. The van der Waals surface area contributed by atoms with Crippen LogP contribution in [0.5, 0.6) is 0 Å². The van der Waals surface area contributed by atoms with Gasteiger partial charge in [-0.1, -0.05) is 31.2 Å². The first-order valence-electron chi connectivity index (χ1n) is 9.05. The molecule has 0 saturated heterocycles. The minimum absolute atomic E-state index is 0.00852. The lowest BCUT2D eigenvalue weighted by Crippen LogP contribution is -2.35. The van der Waals surface area contributed by atoms with Gasteiger partial charge in [-0.3, -0.25) is 4.79 Å². The largest absolute Gasteiger partial charge is 0.354 e. The lowest BCUT2D eigenvalue weighted by molar-refractivity contribution is -0.120. The molecule has 0 aliphatic heterocycles. The van der Waals surface area contributed by atoms with E-state index in [-0.39, 0.29) is 11.9 Å². The summed E-state index contributed by atoms with van der Waals surface area (Å²) in [6.45, 7) is 2.74. The van der Waals surface area contributed by atoms with E-state index in [9.17, 15) is 4.79 Å². The minimum Gasteiger partial charge on any atom is -0.354 e. The number of thiazole rings is 1. The average Bonchev–Trinajstić information content (AvgIpc) is 3.33. The molecule has 0 aliphatic rings. The van der Waals surface area contributed by atoms with Crippen LogP contribution < -0.4 is 5.32 Å². The number of aromatic nitrogens is 1. The normalized spacial score (nSPS) is 12.3. The second kappa shape index (κ2) is 9.26. The summed E-state index contributed by atoms with van der Waals surface area (Å²) >= 11 is 3.24. The first-order valence-corrected chi connectivity index (χ1v) is 10.9. The smallest absolute Gasteiger partial charge is 0.226 e. The molecule has 0 saturated carbocycles. The highest BCUT2D eigenvalue weighted by Gasteiger charge is 2.16. The predicted molar refractivity (Wildman–Crippen MR) is 114 cm³/mol. The standard InChI is InChI=1S/C21H25N3OS2/c1-4-15-5-7-16(8-6-15)19(24(2)3)12-22-20(25)11-18-14-27-21(23-18)17-9-10-26-13-17/h5-10,13-14,19H,4,11-12H2,1-3H3,(H,22,25). The van der Waals surface area contributed by atoms with E-state index in [2.05, 4.69) is 57.8 Å². The number of nitrogens with one attached hydrogen (secondary N) is 1. The van der Waals surface area contributed by atoms with Crippen LogP contribution in [0.2, 0.25) is 0 Å². The summed E-state index contributed by atoms with van der Waals surface area (Å²) in [5.74, 6) is 0.00852. The van der Waals surface area contributed by atoms with Crippen molar-refractivity contribution in [1.82, 2.24) is 15.2 Å². The summed E-state index contributed by atoms with van der Waals surface area (Å²) < 4.78 is 0. The Kier molecular flexibility index (Phi) is 6.77. The highest BCUT2D eigenvalue weighted by atomic mass is 32.1. The van der Waals surface area contributed by atoms with Crippen molar-refractivity contribution in [3.63, 3.8) is 0 Å². The van der Waals surface area contributed by atoms with Gasteiger partial charge in [-0.25, -0.2) is 4.98 Å². The van der Waals surface area contributed by atoms with Crippen LogP contribution in [0.25, 0.3) is 10.6 Å². The van der Waals surface area contributed by atoms with Gasteiger partial charge in [0.1, 0.15) is 5.01 Å².